The molecule has 0 aliphatic carbocycles. The number of nitrogens with zero attached hydrogens (tertiary/aromatic N) is 1. The zero-order chi connectivity index (χ0) is 14.5. The van der Waals surface area contributed by atoms with Crippen LogP contribution < -0.4 is 0 Å². The van der Waals surface area contributed by atoms with Crippen molar-refractivity contribution < 1.29 is 14.6 Å². The van der Waals surface area contributed by atoms with Gasteiger partial charge in [-0.3, -0.25) is 0 Å². The van der Waals surface area contributed by atoms with Crippen LogP contribution in [0.15, 0.2) is 42.5 Å². The standard InChI is InChI=1S/C16H13NO3/c1-11-6-7-15(18)14(8-11)16(19)20-10-13-5-3-2-4-12(13)9-17/h2-8,18H,10H2,1H3. The number of nitriles is 1. The van der Waals surface area contributed by atoms with Crippen LogP contribution in [0.5, 0.6) is 5.75 Å². The summed E-state index contributed by atoms with van der Waals surface area (Å²) in [7, 11) is 0. The molecule has 0 aliphatic rings. The molecule has 0 saturated carbocycles. The van der Waals surface area contributed by atoms with Crippen molar-refractivity contribution in [2.75, 3.05) is 0 Å². The molecular formula is C16H13NO3. The second-order valence-corrected chi connectivity index (χ2v) is 4.37. The highest BCUT2D eigenvalue weighted by Crippen LogP contribution is 2.20. The Morgan fingerprint density at radius 3 is 2.80 bits per heavy atom. The number of phenolic OH excluding ortho intramolecular Hbond substituents is 1. The van der Waals surface area contributed by atoms with E-state index in [0.29, 0.717) is 11.1 Å². The maximum Gasteiger partial charge on any atom is 0.342 e. The molecule has 2 rings (SSSR count). The lowest BCUT2D eigenvalue weighted by Gasteiger charge is -2.08. The zero-order valence-electron chi connectivity index (χ0n) is 11.0. The molecule has 1 N–H and O–H groups in total. The average molecular weight is 267 g/mol. The van der Waals surface area contributed by atoms with Crippen molar-refractivity contribution in [1.82, 2.24) is 0 Å². The normalized spacial score (nSPS) is 9.80. The van der Waals surface area contributed by atoms with Crippen LogP contribution in [0.1, 0.15) is 27.0 Å². The van der Waals surface area contributed by atoms with Gasteiger partial charge in [-0.25, -0.2) is 4.79 Å². The number of aromatic hydroxyl groups is 1. The second kappa shape index (κ2) is 5.89. The number of ether oxygens (including phenoxy) is 1. The van der Waals surface area contributed by atoms with Gasteiger partial charge in [0.15, 0.2) is 0 Å². The van der Waals surface area contributed by atoms with Crippen molar-refractivity contribution in [3.8, 4) is 11.8 Å². The zero-order valence-corrected chi connectivity index (χ0v) is 11.0. The highest BCUT2D eigenvalue weighted by Gasteiger charge is 2.13. The molecule has 2 aromatic rings. The third-order valence-electron chi connectivity index (χ3n) is 2.87. The minimum absolute atomic E-state index is 0.00402. The molecule has 0 heterocycles. The smallest absolute Gasteiger partial charge is 0.342 e. The minimum atomic E-state index is -0.612. The van der Waals surface area contributed by atoms with Crippen LogP contribution in [0.3, 0.4) is 0 Å². The van der Waals surface area contributed by atoms with Crippen LogP contribution in [-0.4, -0.2) is 11.1 Å². The summed E-state index contributed by atoms with van der Waals surface area (Å²) in [6, 6.07) is 13.7. The van der Waals surface area contributed by atoms with E-state index in [2.05, 4.69) is 0 Å². The number of benzene rings is 2. The van der Waals surface area contributed by atoms with Gasteiger partial charge in [-0.05, 0) is 25.1 Å². The molecule has 4 heteroatoms. The number of hydrogen-bond acceptors (Lipinski definition) is 4. The molecule has 0 spiro atoms. The van der Waals surface area contributed by atoms with Crippen molar-refractivity contribution in [3.05, 3.63) is 64.7 Å². The molecule has 0 radical (unpaired) electrons. The van der Waals surface area contributed by atoms with Gasteiger partial charge in [0.2, 0.25) is 0 Å². The highest BCUT2D eigenvalue weighted by molar-refractivity contribution is 5.92. The molecule has 20 heavy (non-hydrogen) atoms. The van der Waals surface area contributed by atoms with Crippen LogP contribution in [0.4, 0.5) is 0 Å². The van der Waals surface area contributed by atoms with Gasteiger partial charge in [0.05, 0.1) is 11.6 Å². The summed E-state index contributed by atoms with van der Waals surface area (Å²) in [4.78, 5) is 11.9. The Hall–Kier alpha value is -2.80. The van der Waals surface area contributed by atoms with E-state index in [1.54, 1.807) is 36.4 Å². The summed E-state index contributed by atoms with van der Waals surface area (Å²) in [5, 5.41) is 18.6. The molecule has 0 unspecified atom stereocenters. The van der Waals surface area contributed by atoms with Crippen LogP contribution in [-0.2, 0) is 11.3 Å². The molecule has 100 valence electrons. The maximum absolute atomic E-state index is 11.9. The van der Waals surface area contributed by atoms with E-state index in [4.69, 9.17) is 10.00 Å². The first-order chi connectivity index (χ1) is 9.61. The maximum atomic E-state index is 11.9. The SMILES string of the molecule is Cc1ccc(O)c(C(=O)OCc2ccccc2C#N)c1. The lowest BCUT2D eigenvalue weighted by molar-refractivity contribution is 0.0469. The fourth-order valence-corrected chi connectivity index (χ4v) is 1.79. The Balaban J connectivity index is 2.13. The summed E-state index contributed by atoms with van der Waals surface area (Å²) < 4.78 is 5.14. The van der Waals surface area contributed by atoms with Crippen LogP contribution >= 0.6 is 0 Å². The lowest BCUT2D eigenvalue weighted by Crippen LogP contribution is -2.06. The van der Waals surface area contributed by atoms with E-state index < -0.39 is 5.97 Å². The van der Waals surface area contributed by atoms with Crippen LogP contribution in [0.25, 0.3) is 0 Å². The first-order valence-corrected chi connectivity index (χ1v) is 6.06. The fraction of sp³-hybridized carbons (Fsp3) is 0.125. The largest absolute Gasteiger partial charge is 0.507 e. The first-order valence-electron chi connectivity index (χ1n) is 6.06. The monoisotopic (exact) mass is 267 g/mol. The molecule has 2 aromatic carbocycles. The lowest BCUT2D eigenvalue weighted by atomic mass is 10.1. The number of phenols is 1. The van der Waals surface area contributed by atoms with Gasteiger partial charge < -0.3 is 9.84 Å². The summed E-state index contributed by atoms with van der Waals surface area (Å²) in [6.45, 7) is 1.82. The molecule has 0 bridgehead atoms. The van der Waals surface area contributed by atoms with E-state index in [-0.39, 0.29) is 17.9 Å². The predicted molar refractivity (Wildman–Crippen MR) is 73.1 cm³/mol. The highest BCUT2D eigenvalue weighted by atomic mass is 16.5. The van der Waals surface area contributed by atoms with Gasteiger partial charge in [0.1, 0.15) is 17.9 Å². The number of hydrogen-bond donors (Lipinski definition) is 1. The van der Waals surface area contributed by atoms with Gasteiger partial charge in [-0.2, -0.15) is 5.26 Å². The third kappa shape index (κ3) is 2.96. The molecule has 0 atom stereocenters. The Bertz CT molecular complexity index is 686. The minimum Gasteiger partial charge on any atom is -0.507 e. The molecular weight excluding hydrogens is 254 g/mol. The Morgan fingerprint density at radius 1 is 1.30 bits per heavy atom. The van der Waals surface area contributed by atoms with Crippen molar-refractivity contribution in [1.29, 1.82) is 5.26 Å². The van der Waals surface area contributed by atoms with E-state index >= 15 is 0 Å². The van der Waals surface area contributed by atoms with Gasteiger partial charge in [-0.1, -0.05) is 29.8 Å². The van der Waals surface area contributed by atoms with Crippen molar-refractivity contribution in [3.63, 3.8) is 0 Å². The fourth-order valence-electron chi connectivity index (χ4n) is 1.79. The number of carbonyl (C=O) groups excluding carboxylic acids is 1. The van der Waals surface area contributed by atoms with E-state index in [9.17, 15) is 9.90 Å². The van der Waals surface area contributed by atoms with Gasteiger partial charge in [-0.15, -0.1) is 0 Å². The van der Waals surface area contributed by atoms with Crippen molar-refractivity contribution in [2.24, 2.45) is 0 Å². The van der Waals surface area contributed by atoms with Gasteiger partial charge in [0.25, 0.3) is 0 Å². The van der Waals surface area contributed by atoms with E-state index in [1.807, 2.05) is 13.0 Å². The first kappa shape index (κ1) is 13.6. The Morgan fingerprint density at radius 2 is 2.05 bits per heavy atom. The van der Waals surface area contributed by atoms with E-state index in [1.165, 1.54) is 6.07 Å². The number of carbonyl (C=O) groups is 1. The van der Waals surface area contributed by atoms with Crippen molar-refractivity contribution >= 4 is 5.97 Å². The molecule has 0 amide bonds. The third-order valence-corrected chi connectivity index (χ3v) is 2.87. The Kier molecular flexibility index (Phi) is 4.02. The second-order valence-electron chi connectivity index (χ2n) is 4.37. The summed E-state index contributed by atoms with van der Waals surface area (Å²) >= 11 is 0. The Labute approximate surface area is 116 Å². The number of esters is 1. The molecule has 0 fully saturated rings. The van der Waals surface area contributed by atoms with Crippen LogP contribution in [0, 0.1) is 18.3 Å². The van der Waals surface area contributed by atoms with E-state index in [0.717, 1.165) is 5.56 Å². The van der Waals surface area contributed by atoms with Crippen molar-refractivity contribution in [2.45, 2.75) is 13.5 Å². The quantitative estimate of drug-likeness (QED) is 0.868. The molecule has 0 aliphatic heterocycles. The summed E-state index contributed by atoms with van der Waals surface area (Å²) in [5.74, 6) is -0.729. The summed E-state index contributed by atoms with van der Waals surface area (Å²) in [5.41, 5.74) is 2.08. The number of rotatable bonds is 3. The van der Waals surface area contributed by atoms with Crippen LogP contribution in [0.2, 0.25) is 0 Å². The molecule has 4 nitrogen and oxygen atoms in total. The average Bonchev–Trinajstić information content (AvgIpc) is 2.47. The molecule has 0 saturated heterocycles. The van der Waals surface area contributed by atoms with Gasteiger partial charge >= 0.3 is 5.97 Å². The number of aryl methyl sites for hydroxylation is 1. The summed E-state index contributed by atoms with van der Waals surface area (Å²) in [6.07, 6.45) is 0. The predicted octanol–water partition coefficient (Wildman–Crippen LogP) is 2.93. The van der Waals surface area contributed by atoms with Gasteiger partial charge in [0, 0.05) is 5.56 Å². The topological polar surface area (TPSA) is 70.3 Å². The molecule has 0 aromatic heterocycles.